The van der Waals surface area contributed by atoms with Gasteiger partial charge in [-0.15, -0.1) is 10.2 Å². The molecule has 1 unspecified atom stereocenters. The smallest absolute Gasteiger partial charge is 0.296 e. The number of amides is 1. The molecular formula is C28H17BrFN3O4S2. The Bertz CT molecular complexity index is 1720. The third kappa shape index (κ3) is 4.88. The van der Waals surface area contributed by atoms with Gasteiger partial charge in [-0.2, -0.15) is 0 Å². The molecule has 11 heteroatoms. The van der Waals surface area contributed by atoms with Gasteiger partial charge in [0.2, 0.25) is 10.9 Å². The van der Waals surface area contributed by atoms with E-state index >= 15 is 0 Å². The zero-order chi connectivity index (χ0) is 27.1. The van der Waals surface area contributed by atoms with E-state index in [9.17, 15) is 19.1 Å². The van der Waals surface area contributed by atoms with Crippen LogP contribution in [0.5, 0.6) is 0 Å². The largest absolute Gasteiger partial charge is 0.503 e. The van der Waals surface area contributed by atoms with E-state index in [0.717, 1.165) is 26.8 Å². The number of fused-ring (bicyclic) bond motifs is 1. The van der Waals surface area contributed by atoms with Gasteiger partial charge in [0.1, 0.15) is 11.4 Å². The Balaban J connectivity index is 1.35. The number of aliphatic hydroxyl groups excluding tert-OH is 1. The van der Waals surface area contributed by atoms with Crippen LogP contribution in [0.3, 0.4) is 0 Å². The van der Waals surface area contributed by atoms with Gasteiger partial charge in [0.25, 0.3) is 5.91 Å². The van der Waals surface area contributed by atoms with E-state index in [1.165, 1.54) is 28.8 Å². The van der Waals surface area contributed by atoms with Crippen LogP contribution in [0.4, 0.5) is 9.52 Å². The lowest BCUT2D eigenvalue weighted by atomic mass is 9.95. The first-order valence-electron chi connectivity index (χ1n) is 11.7. The lowest BCUT2D eigenvalue weighted by Gasteiger charge is -2.23. The fourth-order valence-corrected chi connectivity index (χ4v) is 6.39. The lowest BCUT2D eigenvalue weighted by molar-refractivity contribution is -0.117. The number of ketones is 1. The zero-order valence-electron chi connectivity index (χ0n) is 19.9. The van der Waals surface area contributed by atoms with Crippen molar-refractivity contribution in [3.63, 3.8) is 0 Å². The number of Topliss-reactive ketones (excluding diaryl/α,β-unsaturated/α-hetero) is 1. The number of aliphatic hydroxyl groups is 1. The summed E-state index contributed by atoms with van der Waals surface area (Å²) in [7, 11) is 0. The van der Waals surface area contributed by atoms with Gasteiger partial charge in [-0.25, -0.2) is 4.39 Å². The van der Waals surface area contributed by atoms with Crippen LogP contribution in [0.25, 0.3) is 11.0 Å². The summed E-state index contributed by atoms with van der Waals surface area (Å²) in [6.45, 7) is 0. The molecule has 0 bridgehead atoms. The van der Waals surface area contributed by atoms with Crippen molar-refractivity contribution in [2.45, 2.75) is 16.1 Å². The molecule has 3 heterocycles. The van der Waals surface area contributed by atoms with E-state index in [0.29, 0.717) is 21.2 Å². The molecule has 194 valence electrons. The van der Waals surface area contributed by atoms with Gasteiger partial charge in [0, 0.05) is 15.6 Å². The van der Waals surface area contributed by atoms with Gasteiger partial charge >= 0.3 is 0 Å². The summed E-state index contributed by atoms with van der Waals surface area (Å²) in [6.07, 6.45) is 0. The maximum absolute atomic E-state index is 13.7. The minimum Gasteiger partial charge on any atom is -0.503 e. The maximum Gasteiger partial charge on any atom is 0.296 e. The van der Waals surface area contributed by atoms with Crippen molar-refractivity contribution < 1.29 is 23.5 Å². The van der Waals surface area contributed by atoms with Crippen molar-refractivity contribution in [2.75, 3.05) is 4.90 Å². The van der Waals surface area contributed by atoms with E-state index in [4.69, 9.17) is 4.42 Å². The number of aromatic nitrogens is 2. The van der Waals surface area contributed by atoms with Crippen molar-refractivity contribution in [1.29, 1.82) is 0 Å². The molecule has 0 aliphatic carbocycles. The fraction of sp³-hybridized carbons (Fsp3) is 0.0714. The van der Waals surface area contributed by atoms with Gasteiger partial charge in [-0.05, 0) is 47.5 Å². The first-order chi connectivity index (χ1) is 18.9. The van der Waals surface area contributed by atoms with Crippen molar-refractivity contribution in [2.24, 2.45) is 0 Å². The summed E-state index contributed by atoms with van der Waals surface area (Å²) >= 11 is 5.96. The molecular weight excluding hydrogens is 605 g/mol. The van der Waals surface area contributed by atoms with Crippen LogP contribution in [0, 0.1) is 5.82 Å². The number of halogens is 2. The Morgan fingerprint density at radius 3 is 2.56 bits per heavy atom. The highest BCUT2D eigenvalue weighted by molar-refractivity contribution is 9.10. The standard InChI is InChI=1S/C28H17BrFN3O4S2/c29-18-9-7-16(8-10-18)23-22(24(34)21-13-17-3-1-2-4-20(17)37-21)25(35)26(36)33(23)27-31-32-28(39-27)38-14-15-5-11-19(30)12-6-15/h1-13,23,35H,14H2. The van der Waals surface area contributed by atoms with Crippen LogP contribution in [0.15, 0.2) is 103 Å². The minimum atomic E-state index is -0.950. The molecule has 0 saturated carbocycles. The number of hydrogen-bond acceptors (Lipinski definition) is 8. The number of carbonyl (C=O) groups excluding carboxylic acids is 2. The van der Waals surface area contributed by atoms with E-state index in [2.05, 4.69) is 26.1 Å². The van der Waals surface area contributed by atoms with Crippen LogP contribution >= 0.6 is 39.0 Å². The van der Waals surface area contributed by atoms with Crippen LogP contribution in [-0.2, 0) is 10.5 Å². The molecule has 1 N–H and O–H groups in total. The van der Waals surface area contributed by atoms with Crippen molar-refractivity contribution in [3.8, 4) is 0 Å². The molecule has 1 amide bonds. The van der Waals surface area contributed by atoms with Crippen molar-refractivity contribution in [1.82, 2.24) is 10.2 Å². The minimum absolute atomic E-state index is 0.0160. The summed E-state index contributed by atoms with van der Waals surface area (Å²) in [5.74, 6) is -1.78. The number of anilines is 1. The van der Waals surface area contributed by atoms with E-state index in [-0.39, 0.29) is 22.3 Å². The highest BCUT2D eigenvalue weighted by atomic mass is 79.9. The highest BCUT2D eigenvalue weighted by Gasteiger charge is 2.46. The van der Waals surface area contributed by atoms with Crippen LogP contribution in [0.1, 0.15) is 27.7 Å². The molecule has 2 aromatic heterocycles. The number of para-hydroxylation sites is 1. The van der Waals surface area contributed by atoms with Gasteiger partial charge in [-0.3, -0.25) is 14.5 Å². The third-order valence-corrected chi connectivity index (χ3v) is 8.82. The van der Waals surface area contributed by atoms with Crippen LogP contribution < -0.4 is 4.90 Å². The summed E-state index contributed by atoms with van der Waals surface area (Å²) < 4.78 is 20.4. The molecule has 0 fully saturated rings. The fourth-order valence-electron chi connectivity index (χ4n) is 4.31. The average Bonchev–Trinajstić information content (AvgIpc) is 3.65. The molecule has 3 aromatic carbocycles. The average molecular weight is 622 g/mol. The van der Waals surface area contributed by atoms with Gasteiger partial charge < -0.3 is 9.52 Å². The highest BCUT2D eigenvalue weighted by Crippen LogP contribution is 2.44. The molecule has 1 atom stereocenters. The first kappa shape index (κ1) is 25.5. The topological polar surface area (TPSA) is 96.5 Å². The van der Waals surface area contributed by atoms with Gasteiger partial charge in [0.15, 0.2) is 15.9 Å². The number of nitrogens with zero attached hydrogens (tertiary/aromatic N) is 3. The number of benzene rings is 3. The summed E-state index contributed by atoms with van der Waals surface area (Å²) in [5.41, 5.74) is 1.93. The molecule has 39 heavy (non-hydrogen) atoms. The molecule has 5 aromatic rings. The second-order valence-corrected chi connectivity index (χ2v) is 11.7. The van der Waals surface area contributed by atoms with Gasteiger partial charge in [0.05, 0.1) is 11.6 Å². The van der Waals surface area contributed by atoms with E-state index in [1.54, 1.807) is 54.6 Å². The predicted molar refractivity (Wildman–Crippen MR) is 150 cm³/mol. The molecule has 1 aliphatic heterocycles. The van der Waals surface area contributed by atoms with Crippen molar-refractivity contribution in [3.05, 3.63) is 117 Å². The second kappa shape index (κ2) is 10.4. The van der Waals surface area contributed by atoms with Crippen LogP contribution in [-0.4, -0.2) is 27.0 Å². The number of thioether (sulfide) groups is 1. The Morgan fingerprint density at radius 2 is 1.82 bits per heavy atom. The van der Waals surface area contributed by atoms with Crippen LogP contribution in [0.2, 0.25) is 0 Å². The number of rotatable bonds is 7. The molecule has 6 rings (SSSR count). The molecule has 0 saturated heterocycles. The maximum atomic E-state index is 13.7. The number of furan rings is 1. The Kier molecular flexibility index (Phi) is 6.79. The number of hydrogen-bond donors (Lipinski definition) is 1. The van der Waals surface area contributed by atoms with Gasteiger partial charge in [-0.1, -0.05) is 81.5 Å². The van der Waals surface area contributed by atoms with E-state index in [1.807, 2.05) is 12.1 Å². The number of carbonyl (C=O) groups is 2. The summed E-state index contributed by atoms with van der Waals surface area (Å²) in [4.78, 5) is 28.4. The molecule has 0 spiro atoms. The Morgan fingerprint density at radius 1 is 1.08 bits per heavy atom. The Labute approximate surface area is 238 Å². The SMILES string of the molecule is O=C(C1=C(O)C(=O)N(c2nnc(SCc3ccc(F)cc3)s2)C1c1ccc(Br)cc1)c1cc2ccccc2o1. The quantitative estimate of drug-likeness (QED) is 0.116. The van der Waals surface area contributed by atoms with Crippen molar-refractivity contribution >= 4 is 66.8 Å². The normalized spacial score (nSPS) is 15.5. The molecule has 1 aliphatic rings. The predicted octanol–water partition coefficient (Wildman–Crippen LogP) is 7.26. The Hall–Kier alpha value is -3.80. The summed E-state index contributed by atoms with van der Waals surface area (Å²) in [5, 5.41) is 20.4. The third-order valence-electron chi connectivity index (χ3n) is 6.17. The first-order valence-corrected chi connectivity index (χ1v) is 14.2. The molecule has 7 nitrogen and oxygen atoms in total. The lowest BCUT2D eigenvalue weighted by Crippen LogP contribution is -2.31. The monoisotopic (exact) mass is 621 g/mol. The molecule has 0 radical (unpaired) electrons. The van der Waals surface area contributed by atoms with E-state index < -0.39 is 23.5 Å². The zero-order valence-corrected chi connectivity index (χ0v) is 23.1. The second-order valence-electron chi connectivity index (χ2n) is 8.63. The summed E-state index contributed by atoms with van der Waals surface area (Å²) in [6, 6.07) is 21.1.